The summed E-state index contributed by atoms with van der Waals surface area (Å²) in [6, 6.07) is 2.01. The highest BCUT2D eigenvalue weighted by Gasteiger charge is 1.88. The summed E-state index contributed by atoms with van der Waals surface area (Å²) in [5.41, 5.74) is 5.35. The highest BCUT2D eigenvalue weighted by Crippen LogP contribution is 1.70. The van der Waals surface area contributed by atoms with Gasteiger partial charge in [0.05, 0.1) is 19.0 Å². The molecule has 17 heavy (non-hydrogen) atoms. The van der Waals surface area contributed by atoms with Crippen molar-refractivity contribution in [3.63, 3.8) is 0 Å². The van der Waals surface area contributed by atoms with Gasteiger partial charge in [0.2, 0.25) is 0 Å². The highest BCUT2D eigenvalue weighted by molar-refractivity contribution is 5.59. The second kappa shape index (κ2) is 15.0. The molecule has 0 radical (unpaired) electrons. The molecule has 98 valence electrons. The molecule has 0 fully saturated rings. The molecule has 0 aromatic rings. The van der Waals surface area contributed by atoms with Crippen LogP contribution in [0.4, 0.5) is 0 Å². The molecule has 5 N–H and O–H groups in total. The molecule has 0 aliphatic rings. The summed E-state index contributed by atoms with van der Waals surface area (Å²) in [5.74, 6) is 0. The van der Waals surface area contributed by atoms with Gasteiger partial charge < -0.3 is 21.7 Å². The van der Waals surface area contributed by atoms with Gasteiger partial charge in [-0.3, -0.25) is 4.99 Å². The summed E-state index contributed by atoms with van der Waals surface area (Å²) in [4.78, 5) is 4.08. The van der Waals surface area contributed by atoms with Crippen molar-refractivity contribution in [1.82, 2.24) is 16.0 Å². The minimum atomic E-state index is 0.400. The maximum absolute atomic E-state index is 8.27. The summed E-state index contributed by atoms with van der Waals surface area (Å²) in [6.07, 6.45) is 2.06. The highest BCUT2D eigenvalue weighted by atomic mass is 15.0. The lowest BCUT2D eigenvalue weighted by Crippen LogP contribution is -2.34. The summed E-state index contributed by atoms with van der Waals surface area (Å²) >= 11 is 0. The van der Waals surface area contributed by atoms with Crippen molar-refractivity contribution in [2.24, 2.45) is 10.7 Å². The smallest absolute Gasteiger partial charge is 0.0700 e. The topological polar surface area (TPSA) is 98.3 Å². The molecule has 0 rings (SSSR count). The van der Waals surface area contributed by atoms with E-state index in [1.807, 2.05) is 6.07 Å². The van der Waals surface area contributed by atoms with E-state index in [1.165, 1.54) is 0 Å². The molecule has 0 saturated carbocycles. The molecule has 6 nitrogen and oxygen atoms in total. The molecule has 0 aromatic heterocycles. The Labute approximate surface area is 104 Å². The van der Waals surface area contributed by atoms with Crippen LogP contribution in [0.15, 0.2) is 4.99 Å². The molecular weight excluding hydrogens is 216 g/mol. The number of aliphatic imine (C=N–C) groups is 1. The third kappa shape index (κ3) is 15.0. The molecule has 0 aliphatic carbocycles. The van der Waals surface area contributed by atoms with Crippen LogP contribution in [0.25, 0.3) is 0 Å². The van der Waals surface area contributed by atoms with Crippen molar-refractivity contribution < 1.29 is 0 Å². The average Bonchev–Trinajstić information content (AvgIpc) is 2.35. The Bertz CT molecular complexity index is 210. The standard InChI is InChI=1S/C11H24N6/c12-2-1-4-14-6-8-16-10-11-17-9-7-15-5-3-13/h4,15-17H,1,3,5-11,13H2. The molecular formula is C11H24N6. The summed E-state index contributed by atoms with van der Waals surface area (Å²) in [6.45, 7) is 6.96. The Hall–Kier alpha value is -1.00. The van der Waals surface area contributed by atoms with Crippen LogP contribution in [0.1, 0.15) is 6.42 Å². The van der Waals surface area contributed by atoms with E-state index in [0.29, 0.717) is 13.0 Å². The fourth-order valence-corrected chi connectivity index (χ4v) is 1.17. The van der Waals surface area contributed by atoms with Crippen molar-refractivity contribution in [2.75, 3.05) is 52.4 Å². The fourth-order valence-electron chi connectivity index (χ4n) is 1.17. The zero-order valence-corrected chi connectivity index (χ0v) is 10.4. The summed E-state index contributed by atoms with van der Waals surface area (Å²) in [5, 5.41) is 18.1. The lowest BCUT2D eigenvalue weighted by Gasteiger charge is -2.06. The Morgan fingerprint density at radius 3 is 2.18 bits per heavy atom. The van der Waals surface area contributed by atoms with E-state index in [-0.39, 0.29) is 0 Å². The van der Waals surface area contributed by atoms with Gasteiger partial charge in [-0.25, -0.2) is 0 Å². The van der Waals surface area contributed by atoms with Crippen LogP contribution >= 0.6 is 0 Å². The molecule has 6 heteroatoms. The Morgan fingerprint density at radius 1 is 1.00 bits per heavy atom. The van der Waals surface area contributed by atoms with E-state index >= 15 is 0 Å². The number of nitriles is 1. The lowest BCUT2D eigenvalue weighted by molar-refractivity contribution is 0.586. The summed E-state index contributed by atoms with van der Waals surface area (Å²) in [7, 11) is 0. The predicted octanol–water partition coefficient (Wildman–Crippen LogP) is -1.30. The second-order valence-corrected chi connectivity index (χ2v) is 3.49. The first-order valence-corrected chi connectivity index (χ1v) is 6.09. The number of rotatable bonds is 12. The van der Waals surface area contributed by atoms with Crippen molar-refractivity contribution >= 4 is 6.21 Å². The van der Waals surface area contributed by atoms with E-state index in [2.05, 4.69) is 20.9 Å². The third-order valence-corrected chi connectivity index (χ3v) is 2.01. The van der Waals surface area contributed by atoms with Crippen LogP contribution in [-0.2, 0) is 0 Å². The average molecular weight is 240 g/mol. The van der Waals surface area contributed by atoms with Gasteiger partial charge in [-0.2, -0.15) is 5.26 Å². The summed E-state index contributed by atoms with van der Waals surface area (Å²) < 4.78 is 0. The van der Waals surface area contributed by atoms with Gasteiger partial charge in [-0.05, 0) is 0 Å². The predicted molar refractivity (Wildman–Crippen MR) is 71.3 cm³/mol. The third-order valence-electron chi connectivity index (χ3n) is 2.01. The second-order valence-electron chi connectivity index (χ2n) is 3.49. The SMILES string of the molecule is N#CCC=NCCNCCNCCNCCN. The molecule has 0 aromatic carbocycles. The van der Waals surface area contributed by atoms with Crippen LogP contribution in [0.2, 0.25) is 0 Å². The van der Waals surface area contributed by atoms with E-state index in [1.54, 1.807) is 6.21 Å². The quantitative estimate of drug-likeness (QED) is 0.251. The normalized spacial score (nSPS) is 10.8. The molecule has 0 bridgehead atoms. The van der Waals surface area contributed by atoms with Gasteiger partial charge in [0.15, 0.2) is 0 Å². The van der Waals surface area contributed by atoms with Gasteiger partial charge in [-0.15, -0.1) is 0 Å². The monoisotopic (exact) mass is 240 g/mol. The van der Waals surface area contributed by atoms with Gasteiger partial charge >= 0.3 is 0 Å². The maximum atomic E-state index is 8.27. The number of hydrogen-bond donors (Lipinski definition) is 4. The Kier molecular flexibility index (Phi) is 14.1. The first kappa shape index (κ1) is 16.0. The number of nitrogens with zero attached hydrogens (tertiary/aromatic N) is 2. The van der Waals surface area contributed by atoms with Crippen LogP contribution in [0.5, 0.6) is 0 Å². The maximum Gasteiger partial charge on any atom is 0.0700 e. The van der Waals surface area contributed by atoms with Crippen molar-refractivity contribution in [2.45, 2.75) is 6.42 Å². The zero-order chi connectivity index (χ0) is 12.6. The van der Waals surface area contributed by atoms with E-state index in [9.17, 15) is 0 Å². The Morgan fingerprint density at radius 2 is 1.59 bits per heavy atom. The van der Waals surface area contributed by atoms with Crippen LogP contribution in [-0.4, -0.2) is 58.6 Å². The van der Waals surface area contributed by atoms with Gasteiger partial charge in [0.25, 0.3) is 0 Å². The minimum Gasteiger partial charge on any atom is -0.329 e. The van der Waals surface area contributed by atoms with Gasteiger partial charge in [0, 0.05) is 52.0 Å². The Balaban J connectivity index is 2.96. The first-order valence-electron chi connectivity index (χ1n) is 6.09. The number of nitrogens with one attached hydrogen (secondary N) is 3. The van der Waals surface area contributed by atoms with Crippen LogP contribution in [0, 0.1) is 11.3 Å². The molecule has 0 amide bonds. The van der Waals surface area contributed by atoms with Crippen molar-refractivity contribution in [3.8, 4) is 6.07 Å². The first-order chi connectivity index (χ1) is 8.41. The zero-order valence-electron chi connectivity index (χ0n) is 10.4. The number of hydrogen-bond acceptors (Lipinski definition) is 6. The molecule has 0 spiro atoms. The molecule has 0 atom stereocenters. The van der Waals surface area contributed by atoms with Crippen molar-refractivity contribution in [3.05, 3.63) is 0 Å². The van der Waals surface area contributed by atoms with E-state index < -0.39 is 0 Å². The van der Waals surface area contributed by atoms with Gasteiger partial charge in [-0.1, -0.05) is 0 Å². The van der Waals surface area contributed by atoms with Crippen LogP contribution in [0.3, 0.4) is 0 Å². The molecule has 0 aliphatic heterocycles. The number of nitrogens with two attached hydrogens (primary N) is 1. The van der Waals surface area contributed by atoms with Crippen LogP contribution < -0.4 is 21.7 Å². The molecule has 0 saturated heterocycles. The molecule has 0 unspecified atom stereocenters. The van der Waals surface area contributed by atoms with E-state index in [0.717, 1.165) is 45.8 Å². The lowest BCUT2D eigenvalue weighted by atomic mass is 10.5. The van der Waals surface area contributed by atoms with Crippen molar-refractivity contribution in [1.29, 1.82) is 5.26 Å². The molecule has 0 heterocycles. The fraction of sp³-hybridized carbons (Fsp3) is 0.818. The van der Waals surface area contributed by atoms with E-state index in [4.69, 9.17) is 11.0 Å². The van der Waals surface area contributed by atoms with Gasteiger partial charge in [0.1, 0.15) is 0 Å². The largest absolute Gasteiger partial charge is 0.329 e. The minimum absolute atomic E-state index is 0.400.